The lowest BCUT2D eigenvalue weighted by Gasteiger charge is -2.13. The third-order valence-electron chi connectivity index (χ3n) is 4.48. The predicted octanol–water partition coefficient (Wildman–Crippen LogP) is 5.70. The summed E-state index contributed by atoms with van der Waals surface area (Å²) in [7, 11) is 0. The Morgan fingerprint density at radius 2 is 1.93 bits per heavy atom. The second kappa shape index (κ2) is 8.19. The van der Waals surface area contributed by atoms with Gasteiger partial charge in [0.1, 0.15) is 0 Å². The van der Waals surface area contributed by atoms with E-state index >= 15 is 0 Å². The molecule has 0 amide bonds. The maximum atomic E-state index is 12.6. The molecule has 2 aromatic carbocycles. The number of alkyl halides is 3. The number of hydrogen-bond acceptors (Lipinski definition) is 3. The van der Waals surface area contributed by atoms with E-state index in [1.54, 1.807) is 30.3 Å². The van der Waals surface area contributed by atoms with Gasteiger partial charge in [0.15, 0.2) is 5.78 Å². The van der Waals surface area contributed by atoms with Crippen molar-refractivity contribution in [2.45, 2.75) is 31.9 Å². The minimum absolute atomic E-state index is 0.0187. The molecule has 1 aliphatic carbocycles. The highest BCUT2D eigenvalue weighted by Crippen LogP contribution is 2.31. The first-order chi connectivity index (χ1) is 13.2. The Morgan fingerprint density at radius 1 is 1.14 bits per heavy atom. The summed E-state index contributed by atoms with van der Waals surface area (Å²) in [6.07, 6.45) is -3.99. The zero-order valence-electron chi connectivity index (χ0n) is 14.7. The van der Waals surface area contributed by atoms with Gasteiger partial charge >= 0.3 is 6.18 Å². The maximum Gasteiger partial charge on any atom is 0.393 e. The SMILES string of the molecule is N#Cc1ccc(CC2=C(Nc3cccc(CC(F)(F)F)c3)CCC2=O)c(Br)c1. The average molecular weight is 449 g/mol. The van der Waals surface area contributed by atoms with Crippen molar-refractivity contribution in [3.63, 3.8) is 0 Å². The molecule has 0 atom stereocenters. The van der Waals surface area contributed by atoms with Crippen molar-refractivity contribution in [1.82, 2.24) is 0 Å². The number of ketones is 1. The molecule has 0 radical (unpaired) electrons. The quantitative estimate of drug-likeness (QED) is 0.638. The van der Waals surface area contributed by atoms with Crippen LogP contribution in [0.4, 0.5) is 18.9 Å². The zero-order chi connectivity index (χ0) is 20.3. The van der Waals surface area contributed by atoms with E-state index in [2.05, 4.69) is 27.3 Å². The summed E-state index contributed by atoms with van der Waals surface area (Å²) < 4.78 is 38.6. The molecule has 0 saturated heterocycles. The summed E-state index contributed by atoms with van der Waals surface area (Å²) in [5.41, 5.74) is 3.43. The van der Waals surface area contributed by atoms with Gasteiger partial charge in [0.05, 0.1) is 18.1 Å². The number of halogens is 4. The third-order valence-corrected chi connectivity index (χ3v) is 5.22. The lowest BCUT2D eigenvalue weighted by Crippen LogP contribution is -2.11. The molecule has 0 aliphatic heterocycles. The summed E-state index contributed by atoms with van der Waals surface area (Å²) in [6, 6.07) is 13.4. The van der Waals surface area contributed by atoms with Crippen molar-refractivity contribution in [3.05, 3.63) is 74.9 Å². The first-order valence-corrected chi connectivity index (χ1v) is 9.41. The smallest absolute Gasteiger partial charge is 0.359 e. The fourth-order valence-corrected chi connectivity index (χ4v) is 3.69. The topological polar surface area (TPSA) is 52.9 Å². The van der Waals surface area contributed by atoms with E-state index in [1.807, 2.05) is 0 Å². The molecule has 0 heterocycles. The first-order valence-electron chi connectivity index (χ1n) is 8.61. The van der Waals surface area contributed by atoms with Gasteiger partial charge in [-0.1, -0.05) is 34.1 Å². The van der Waals surface area contributed by atoms with Gasteiger partial charge in [-0.25, -0.2) is 0 Å². The number of carbonyl (C=O) groups excluding carboxylic acids is 1. The van der Waals surface area contributed by atoms with Crippen LogP contribution in [0.1, 0.15) is 29.5 Å². The van der Waals surface area contributed by atoms with Crippen LogP contribution in [0.3, 0.4) is 0 Å². The molecule has 2 aromatic rings. The lowest BCUT2D eigenvalue weighted by atomic mass is 10.0. The Labute approximate surface area is 169 Å². The molecule has 0 unspecified atom stereocenters. The standard InChI is InChI=1S/C21H16BrF3N2O/c22-18-9-14(12-26)4-5-15(18)10-17-19(6-7-20(17)28)27-16-3-1-2-13(8-16)11-21(23,24)25/h1-5,8-9,27H,6-7,10-11H2. The van der Waals surface area contributed by atoms with E-state index in [1.165, 1.54) is 12.1 Å². The van der Waals surface area contributed by atoms with Crippen molar-refractivity contribution in [3.8, 4) is 6.07 Å². The number of hydrogen-bond donors (Lipinski definition) is 1. The number of nitrogens with one attached hydrogen (secondary N) is 1. The molecule has 7 heteroatoms. The molecular weight excluding hydrogens is 433 g/mol. The first kappa shape index (κ1) is 20.2. The Hall–Kier alpha value is -2.59. The summed E-state index contributed by atoms with van der Waals surface area (Å²) in [5.74, 6) is 0.0187. The van der Waals surface area contributed by atoms with E-state index in [-0.39, 0.29) is 11.3 Å². The molecular formula is C21H16BrF3N2O. The number of carbonyl (C=O) groups is 1. The second-order valence-electron chi connectivity index (χ2n) is 6.59. The molecule has 0 spiro atoms. The van der Waals surface area contributed by atoms with Crippen LogP contribution < -0.4 is 5.32 Å². The van der Waals surface area contributed by atoms with Gasteiger partial charge in [-0.3, -0.25) is 4.79 Å². The number of anilines is 1. The van der Waals surface area contributed by atoms with E-state index < -0.39 is 12.6 Å². The predicted molar refractivity (Wildman–Crippen MR) is 104 cm³/mol. The molecule has 3 rings (SSSR count). The van der Waals surface area contributed by atoms with Crippen LogP contribution in [0.2, 0.25) is 0 Å². The number of nitrogens with zero attached hydrogens (tertiary/aromatic N) is 1. The molecule has 1 aliphatic rings. The molecule has 0 fully saturated rings. The monoisotopic (exact) mass is 448 g/mol. The molecule has 144 valence electrons. The fraction of sp³-hybridized carbons (Fsp3) is 0.238. The highest BCUT2D eigenvalue weighted by Gasteiger charge is 2.28. The van der Waals surface area contributed by atoms with Crippen LogP contribution in [0.25, 0.3) is 0 Å². The summed E-state index contributed by atoms with van der Waals surface area (Å²) in [4.78, 5) is 12.4. The molecule has 28 heavy (non-hydrogen) atoms. The van der Waals surface area contributed by atoms with Crippen molar-refractivity contribution in [2.24, 2.45) is 0 Å². The Balaban J connectivity index is 1.84. The van der Waals surface area contributed by atoms with Gasteiger partial charge in [0.2, 0.25) is 0 Å². The number of rotatable bonds is 5. The van der Waals surface area contributed by atoms with Gasteiger partial charge in [-0.15, -0.1) is 0 Å². The molecule has 0 bridgehead atoms. The van der Waals surface area contributed by atoms with Crippen molar-refractivity contribution >= 4 is 27.4 Å². The van der Waals surface area contributed by atoms with Crippen LogP contribution in [-0.2, 0) is 17.6 Å². The molecule has 0 aromatic heterocycles. The number of Topliss-reactive ketones (excluding diaryl/α,β-unsaturated/α-hetero) is 1. The van der Waals surface area contributed by atoms with Crippen LogP contribution in [-0.4, -0.2) is 12.0 Å². The van der Waals surface area contributed by atoms with Crippen LogP contribution in [0.5, 0.6) is 0 Å². The van der Waals surface area contributed by atoms with Crippen molar-refractivity contribution < 1.29 is 18.0 Å². The van der Waals surface area contributed by atoms with E-state index in [4.69, 9.17) is 5.26 Å². The van der Waals surface area contributed by atoms with E-state index in [0.717, 1.165) is 15.7 Å². The van der Waals surface area contributed by atoms with Gasteiger partial charge in [0, 0.05) is 34.3 Å². The molecule has 3 nitrogen and oxygen atoms in total. The highest BCUT2D eigenvalue weighted by molar-refractivity contribution is 9.10. The van der Waals surface area contributed by atoms with Crippen LogP contribution >= 0.6 is 15.9 Å². The largest absolute Gasteiger partial charge is 0.393 e. The fourth-order valence-electron chi connectivity index (χ4n) is 3.17. The number of nitriles is 1. The summed E-state index contributed by atoms with van der Waals surface area (Å²) in [5, 5.41) is 12.1. The molecule has 1 N–H and O–H groups in total. The van der Waals surface area contributed by atoms with Crippen LogP contribution in [0, 0.1) is 11.3 Å². The van der Waals surface area contributed by atoms with Crippen molar-refractivity contribution in [1.29, 1.82) is 5.26 Å². The van der Waals surface area contributed by atoms with Gasteiger partial charge < -0.3 is 5.32 Å². The Bertz CT molecular complexity index is 990. The average Bonchev–Trinajstić information content (AvgIpc) is 2.95. The lowest BCUT2D eigenvalue weighted by molar-refractivity contribution is -0.127. The highest BCUT2D eigenvalue weighted by atomic mass is 79.9. The van der Waals surface area contributed by atoms with Gasteiger partial charge in [0.25, 0.3) is 0 Å². The minimum Gasteiger partial charge on any atom is -0.359 e. The van der Waals surface area contributed by atoms with Gasteiger partial charge in [-0.05, 0) is 41.8 Å². The summed E-state index contributed by atoms with van der Waals surface area (Å²) in [6.45, 7) is 0. The normalized spacial score (nSPS) is 14.3. The Morgan fingerprint density at radius 3 is 2.61 bits per heavy atom. The summed E-state index contributed by atoms with van der Waals surface area (Å²) >= 11 is 3.43. The minimum atomic E-state index is -4.27. The molecule has 0 saturated carbocycles. The van der Waals surface area contributed by atoms with Gasteiger partial charge in [-0.2, -0.15) is 18.4 Å². The van der Waals surface area contributed by atoms with Crippen LogP contribution in [0.15, 0.2) is 58.2 Å². The third kappa shape index (κ3) is 5.02. The number of benzene rings is 2. The Kier molecular flexibility index (Phi) is 5.90. The van der Waals surface area contributed by atoms with E-state index in [9.17, 15) is 18.0 Å². The zero-order valence-corrected chi connectivity index (χ0v) is 16.3. The van der Waals surface area contributed by atoms with Crippen molar-refractivity contribution in [2.75, 3.05) is 5.32 Å². The maximum absolute atomic E-state index is 12.6. The second-order valence-corrected chi connectivity index (χ2v) is 7.45. The van der Waals surface area contributed by atoms with E-state index in [0.29, 0.717) is 36.1 Å². The number of allylic oxidation sites excluding steroid dienone is 2.